The first-order chi connectivity index (χ1) is 10.3. The highest BCUT2D eigenvalue weighted by Gasteiger charge is 2.32. The quantitative estimate of drug-likeness (QED) is 0.516. The van der Waals surface area contributed by atoms with Gasteiger partial charge in [-0.15, -0.1) is 0 Å². The molecule has 0 saturated heterocycles. The first-order valence-electron chi connectivity index (χ1n) is 6.16. The third-order valence-corrected chi connectivity index (χ3v) is 2.95. The Morgan fingerprint density at radius 3 is 2.14 bits per heavy atom. The number of carboxylic acid groups (broad SMARTS) is 1. The minimum atomic E-state index is -4.60. The van der Waals surface area contributed by atoms with E-state index in [2.05, 4.69) is 0 Å². The predicted molar refractivity (Wildman–Crippen MR) is 73.4 cm³/mol. The van der Waals surface area contributed by atoms with Crippen molar-refractivity contribution in [1.29, 1.82) is 0 Å². The van der Waals surface area contributed by atoms with Crippen molar-refractivity contribution in [3.8, 4) is 0 Å². The van der Waals surface area contributed by atoms with Crippen molar-refractivity contribution in [2.75, 3.05) is 0 Å². The summed E-state index contributed by atoms with van der Waals surface area (Å²) in [6.45, 7) is 0. The summed E-state index contributed by atoms with van der Waals surface area (Å²) >= 11 is 0. The molecule has 0 heterocycles. The van der Waals surface area contributed by atoms with E-state index in [9.17, 15) is 27.5 Å². The molecule has 0 saturated carbocycles. The van der Waals surface area contributed by atoms with Gasteiger partial charge in [0.1, 0.15) is 5.82 Å². The van der Waals surface area contributed by atoms with Crippen LogP contribution >= 0.6 is 0 Å². The Morgan fingerprint density at radius 1 is 1.00 bits per heavy atom. The largest absolute Gasteiger partial charge is 0.478 e. The molecule has 0 radical (unpaired) electrons. The van der Waals surface area contributed by atoms with Crippen molar-refractivity contribution in [2.24, 2.45) is 0 Å². The maximum atomic E-state index is 12.9. The average molecular weight is 310 g/mol. The Labute approximate surface area is 123 Å². The topological polar surface area (TPSA) is 37.3 Å². The molecule has 2 nitrogen and oxygen atoms in total. The molecule has 2 aromatic rings. The molecule has 2 aromatic carbocycles. The molecular weight excluding hydrogens is 300 g/mol. The van der Waals surface area contributed by atoms with E-state index in [0.29, 0.717) is 0 Å². The average Bonchev–Trinajstić information content (AvgIpc) is 2.45. The number of hydrogen-bond donors (Lipinski definition) is 1. The van der Waals surface area contributed by atoms with Gasteiger partial charge in [-0.1, -0.05) is 30.3 Å². The number of halogens is 4. The van der Waals surface area contributed by atoms with Crippen LogP contribution in [-0.2, 0) is 11.0 Å². The highest BCUT2D eigenvalue weighted by molar-refractivity contribution is 6.20. The molecule has 6 heteroatoms. The molecule has 1 N–H and O–H groups in total. The summed E-state index contributed by atoms with van der Waals surface area (Å²) in [6.07, 6.45) is -3.67. The Bertz CT molecular complexity index is 716. The smallest absolute Gasteiger partial charge is 0.416 e. The standard InChI is InChI=1S/C16H10F4O2/c17-12-7-5-10(6-8-12)13(15(21)22)9-11-3-1-2-4-14(11)16(18,19)20/h1-9H,(H,21,22)/b13-9-. The van der Waals surface area contributed by atoms with E-state index in [1.165, 1.54) is 30.3 Å². The fraction of sp³-hybridized carbons (Fsp3) is 0.0625. The number of benzene rings is 2. The van der Waals surface area contributed by atoms with Crippen LogP contribution < -0.4 is 0 Å². The van der Waals surface area contributed by atoms with Gasteiger partial charge in [0.05, 0.1) is 11.1 Å². The van der Waals surface area contributed by atoms with E-state index in [1.807, 2.05) is 0 Å². The first kappa shape index (κ1) is 15.8. The van der Waals surface area contributed by atoms with Crippen LogP contribution in [0.5, 0.6) is 0 Å². The van der Waals surface area contributed by atoms with Crippen molar-refractivity contribution in [2.45, 2.75) is 6.18 Å². The van der Waals surface area contributed by atoms with E-state index in [-0.39, 0.29) is 16.7 Å². The molecule has 0 aliphatic carbocycles. The number of carbonyl (C=O) groups is 1. The van der Waals surface area contributed by atoms with Crippen molar-refractivity contribution in [3.63, 3.8) is 0 Å². The molecular formula is C16H10F4O2. The number of hydrogen-bond acceptors (Lipinski definition) is 1. The Morgan fingerprint density at radius 2 is 1.59 bits per heavy atom. The summed E-state index contributed by atoms with van der Waals surface area (Å²) in [5, 5.41) is 9.21. The van der Waals surface area contributed by atoms with Crippen LogP contribution in [0.1, 0.15) is 16.7 Å². The fourth-order valence-electron chi connectivity index (χ4n) is 1.93. The number of alkyl halides is 3. The summed E-state index contributed by atoms with van der Waals surface area (Å²) in [5.41, 5.74) is -1.44. The molecule has 114 valence electrons. The van der Waals surface area contributed by atoms with Crippen molar-refractivity contribution < 1.29 is 27.5 Å². The van der Waals surface area contributed by atoms with Crippen LogP contribution in [0.3, 0.4) is 0 Å². The van der Waals surface area contributed by atoms with E-state index in [0.717, 1.165) is 24.3 Å². The second-order valence-corrected chi connectivity index (χ2v) is 4.46. The van der Waals surface area contributed by atoms with Crippen molar-refractivity contribution in [1.82, 2.24) is 0 Å². The SMILES string of the molecule is O=C(O)/C(=C\c1ccccc1C(F)(F)F)c1ccc(F)cc1. The summed E-state index contributed by atoms with van der Waals surface area (Å²) in [5.74, 6) is -1.97. The Balaban J connectivity index is 2.57. The van der Waals surface area contributed by atoms with Gasteiger partial charge in [-0.05, 0) is 35.4 Å². The van der Waals surface area contributed by atoms with E-state index >= 15 is 0 Å². The Hall–Kier alpha value is -2.63. The minimum Gasteiger partial charge on any atom is -0.478 e. The first-order valence-corrected chi connectivity index (χ1v) is 6.16. The lowest BCUT2D eigenvalue weighted by Crippen LogP contribution is -2.08. The van der Waals surface area contributed by atoms with Gasteiger partial charge in [0.2, 0.25) is 0 Å². The van der Waals surface area contributed by atoms with Crippen LogP contribution in [0.15, 0.2) is 48.5 Å². The molecule has 0 bridgehead atoms. The second kappa shape index (κ2) is 6.01. The lowest BCUT2D eigenvalue weighted by Gasteiger charge is -2.11. The number of aliphatic carboxylic acids is 1. The van der Waals surface area contributed by atoms with E-state index < -0.39 is 23.5 Å². The van der Waals surface area contributed by atoms with Gasteiger partial charge in [-0.3, -0.25) is 0 Å². The van der Waals surface area contributed by atoms with Crippen molar-refractivity contribution in [3.05, 3.63) is 71.0 Å². The van der Waals surface area contributed by atoms with Crippen LogP contribution in [0.2, 0.25) is 0 Å². The fourth-order valence-corrected chi connectivity index (χ4v) is 1.93. The van der Waals surface area contributed by atoms with E-state index in [1.54, 1.807) is 0 Å². The summed E-state index contributed by atoms with van der Waals surface area (Å²) in [7, 11) is 0. The van der Waals surface area contributed by atoms with Crippen LogP contribution in [0.25, 0.3) is 11.6 Å². The highest BCUT2D eigenvalue weighted by atomic mass is 19.4. The molecule has 0 amide bonds. The lowest BCUT2D eigenvalue weighted by atomic mass is 9.99. The second-order valence-electron chi connectivity index (χ2n) is 4.46. The molecule has 0 unspecified atom stereocenters. The maximum Gasteiger partial charge on any atom is 0.416 e. The predicted octanol–water partition coefficient (Wildman–Crippen LogP) is 4.47. The molecule has 2 rings (SSSR count). The van der Waals surface area contributed by atoms with Gasteiger partial charge in [-0.25, -0.2) is 9.18 Å². The van der Waals surface area contributed by atoms with Gasteiger partial charge in [0, 0.05) is 0 Å². The summed E-state index contributed by atoms with van der Waals surface area (Å²) in [6, 6.07) is 9.13. The highest BCUT2D eigenvalue weighted by Crippen LogP contribution is 2.33. The van der Waals surface area contributed by atoms with Gasteiger partial charge >= 0.3 is 12.1 Å². The van der Waals surface area contributed by atoms with E-state index in [4.69, 9.17) is 0 Å². The minimum absolute atomic E-state index is 0.117. The lowest BCUT2D eigenvalue weighted by molar-refractivity contribution is -0.137. The van der Waals surface area contributed by atoms with Crippen LogP contribution in [-0.4, -0.2) is 11.1 Å². The Kier molecular flexibility index (Phi) is 4.30. The zero-order valence-corrected chi connectivity index (χ0v) is 11.1. The molecule has 0 fully saturated rings. The molecule has 0 aromatic heterocycles. The number of rotatable bonds is 3. The third-order valence-electron chi connectivity index (χ3n) is 2.95. The van der Waals surface area contributed by atoms with Crippen LogP contribution in [0, 0.1) is 5.82 Å². The molecule has 0 aliphatic rings. The normalized spacial score (nSPS) is 12.3. The summed E-state index contributed by atoms with van der Waals surface area (Å²) < 4.78 is 51.7. The van der Waals surface area contributed by atoms with Crippen molar-refractivity contribution >= 4 is 17.6 Å². The van der Waals surface area contributed by atoms with Gasteiger partial charge in [0.15, 0.2) is 0 Å². The number of carboxylic acids is 1. The summed E-state index contributed by atoms with van der Waals surface area (Å²) in [4.78, 5) is 11.3. The maximum absolute atomic E-state index is 12.9. The van der Waals surface area contributed by atoms with Crippen LogP contribution in [0.4, 0.5) is 17.6 Å². The monoisotopic (exact) mass is 310 g/mol. The van der Waals surface area contributed by atoms with Gasteiger partial charge in [0.25, 0.3) is 0 Å². The third kappa shape index (κ3) is 3.52. The molecule has 0 spiro atoms. The zero-order chi connectivity index (χ0) is 16.3. The van der Waals surface area contributed by atoms with Gasteiger partial charge in [-0.2, -0.15) is 13.2 Å². The molecule has 22 heavy (non-hydrogen) atoms. The molecule has 0 aliphatic heterocycles. The van der Waals surface area contributed by atoms with Gasteiger partial charge < -0.3 is 5.11 Å². The zero-order valence-electron chi connectivity index (χ0n) is 11.1. The molecule has 0 atom stereocenters.